The highest BCUT2D eigenvalue weighted by molar-refractivity contribution is 5.66. The molecule has 2 heterocycles. The van der Waals surface area contributed by atoms with Crippen molar-refractivity contribution in [2.45, 2.75) is 58.0 Å². The fraction of sp³-hybridized carbons (Fsp3) is 0.500. The lowest BCUT2D eigenvalue weighted by Gasteiger charge is -2.38. The van der Waals surface area contributed by atoms with E-state index in [2.05, 4.69) is 49.1 Å². The summed E-state index contributed by atoms with van der Waals surface area (Å²) in [6.07, 6.45) is 4.23. The molecule has 2 aromatic carbocycles. The summed E-state index contributed by atoms with van der Waals surface area (Å²) in [6.45, 7) is 8.13. The number of hydrogen-bond donors (Lipinski definition) is 1. The molecule has 2 aliphatic heterocycles. The summed E-state index contributed by atoms with van der Waals surface area (Å²) >= 11 is 0. The lowest BCUT2D eigenvalue weighted by atomic mass is 9.74. The molecule has 0 saturated carbocycles. The van der Waals surface area contributed by atoms with E-state index in [0.717, 1.165) is 50.3 Å². The number of hydrogen-bond acceptors (Lipinski definition) is 4. The van der Waals surface area contributed by atoms with Crippen LogP contribution in [-0.2, 0) is 29.7 Å². The molecule has 1 N–H and O–H groups in total. The first-order valence-corrected chi connectivity index (χ1v) is 11.5. The molecule has 0 radical (unpaired) electrons. The molecule has 0 unspecified atom stereocenters. The minimum atomic E-state index is -0.727. The monoisotopic (exact) mass is 423 g/mol. The molecule has 1 fully saturated rings. The second-order valence-corrected chi connectivity index (χ2v) is 8.76. The van der Waals surface area contributed by atoms with Gasteiger partial charge in [-0.1, -0.05) is 38.1 Å². The van der Waals surface area contributed by atoms with Gasteiger partial charge in [-0.15, -0.1) is 0 Å². The third-order valence-corrected chi connectivity index (χ3v) is 7.00. The van der Waals surface area contributed by atoms with Gasteiger partial charge < -0.3 is 19.5 Å². The average molecular weight is 424 g/mol. The first kappa shape index (κ1) is 21.7. The maximum Gasteiger partial charge on any atom is 0.304 e. The molecule has 31 heavy (non-hydrogen) atoms. The van der Waals surface area contributed by atoms with Gasteiger partial charge in [0.2, 0.25) is 0 Å². The van der Waals surface area contributed by atoms with E-state index in [1.54, 1.807) is 0 Å². The van der Waals surface area contributed by atoms with Crippen molar-refractivity contribution in [2.75, 3.05) is 26.2 Å². The number of nitrogens with zero attached hydrogens (tertiary/aromatic N) is 1. The SMILES string of the molecule is CCc1cccc(CC)c1COc1ccc2c(c1)OCC21CCN(CCC(=O)O)CC1. The Bertz CT molecular complexity index is 909. The maximum atomic E-state index is 10.8. The van der Waals surface area contributed by atoms with E-state index in [4.69, 9.17) is 14.6 Å². The molecule has 2 aliphatic rings. The van der Waals surface area contributed by atoms with Crippen LogP contribution in [0.2, 0.25) is 0 Å². The lowest BCUT2D eigenvalue weighted by Crippen LogP contribution is -2.44. The Labute approximate surface area is 185 Å². The van der Waals surface area contributed by atoms with Crippen LogP contribution in [-0.4, -0.2) is 42.2 Å². The Morgan fingerprint density at radius 3 is 2.48 bits per heavy atom. The number of ether oxygens (including phenoxy) is 2. The summed E-state index contributed by atoms with van der Waals surface area (Å²) in [4.78, 5) is 13.1. The van der Waals surface area contributed by atoms with Crippen molar-refractivity contribution in [2.24, 2.45) is 0 Å². The van der Waals surface area contributed by atoms with E-state index < -0.39 is 5.97 Å². The zero-order valence-corrected chi connectivity index (χ0v) is 18.7. The molecule has 0 aromatic heterocycles. The van der Waals surface area contributed by atoms with Crippen LogP contribution in [0.5, 0.6) is 11.5 Å². The predicted molar refractivity (Wildman–Crippen MR) is 121 cm³/mol. The van der Waals surface area contributed by atoms with Crippen molar-refractivity contribution in [3.05, 3.63) is 58.7 Å². The molecule has 1 saturated heterocycles. The summed E-state index contributed by atoms with van der Waals surface area (Å²) in [5, 5.41) is 8.92. The third-order valence-electron chi connectivity index (χ3n) is 7.00. The summed E-state index contributed by atoms with van der Waals surface area (Å²) in [5.74, 6) is 1.06. The summed E-state index contributed by atoms with van der Waals surface area (Å²) in [5.41, 5.74) is 5.34. The normalized spacial score (nSPS) is 17.4. The standard InChI is InChI=1S/C26H33NO4/c1-3-19-6-5-7-20(4-2)22(19)17-30-21-8-9-23-24(16-21)31-18-26(23)11-14-27(15-12-26)13-10-25(28)29/h5-9,16H,3-4,10-15,17-18H2,1-2H3,(H,28,29). The van der Waals surface area contributed by atoms with Crippen LogP contribution < -0.4 is 9.47 Å². The summed E-state index contributed by atoms with van der Waals surface area (Å²) < 4.78 is 12.3. The van der Waals surface area contributed by atoms with Crippen molar-refractivity contribution >= 4 is 5.97 Å². The zero-order chi connectivity index (χ0) is 21.8. The van der Waals surface area contributed by atoms with Crippen LogP contribution in [0.1, 0.15) is 55.4 Å². The van der Waals surface area contributed by atoms with E-state index in [-0.39, 0.29) is 11.8 Å². The molecule has 0 aliphatic carbocycles. The first-order chi connectivity index (χ1) is 15.0. The number of piperidine rings is 1. The van der Waals surface area contributed by atoms with Crippen molar-refractivity contribution in [1.29, 1.82) is 0 Å². The van der Waals surface area contributed by atoms with Gasteiger partial charge in [-0.05, 0) is 61.5 Å². The van der Waals surface area contributed by atoms with Crippen LogP contribution in [0.4, 0.5) is 0 Å². The second-order valence-electron chi connectivity index (χ2n) is 8.76. The van der Waals surface area contributed by atoms with Gasteiger partial charge in [-0.25, -0.2) is 0 Å². The number of likely N-dealkylation sites (tertiary alicyclic amines) is 1. The van der Waals surface area contributed by atoms with Crippen molar-refractivity contribution in [3.8, 4) is 11.5 Å². The van der Waals surface area contributed by atoms with Gasteiger partial charge in [0.05, 0.1) is 13.0 Å². The molecule has 2 aromatic rings. The maximum absolute atomic E-state index is 10.8. The molecule has 4 rings (SSSR count). The molecule has 166 valence electrons. The number of fused-ring (bicyclic) bond motifs is 2. The minimum absolute atomic E-state index is 0.0534. The van der Waals surface area contributed by atoms with Crippen LogP contribution >= 0.6 is 0 Å². The number of carbonyl (C=O) groups is 1. The third kappa shape index (κ3) is 4.57. The Balaban J connectivity index is 1.43. The van der Waals surface area contributed by atoms with E-state index in [9.17, 15) is 4.79 Å². The highest BCUT2D eigenvalue weighted by atomic mass is 16.5. The zero-order valence-electron chi connectivity index (χ0n) is 18.7. The van der Waals surface area contributed by atoms with E-state index >= 15 is 0 Å². The van der Waals surface area contributed by atoms with E-state index in [1.165, 1.54) is 22.3 Å². The molecule has 0 bridgehead atoms. The Kier molecular flexibility index (Phi) is 6.51. The Hall–Kier alpha value is -2.53. The van der Waals surface area contributed by atoms with Crippen LogP contribution in [0, 0.1) is 0 Å². The van der Waals surface area contributed by atoms with Crippen LogP contribution in [0.15, 0.2) is 36.4 Å². The number of carboxylic acids is 1. The molecular formula is C26H33NO4. The van der Waals surface area contributed by atoms with Crippen LogP contribution in [0.3, 0.4) is 0 Å². The van der Waals surface area contributed by atoms with Crippen molar-refractivity contribution in [1.82, 2.24) is 4.90 Å². The number of carboxylic acid groups (broad SMARTS) is 1. The second kappa shape index (κ2) is 9.31. The van der Waals surface area contributed by atoms with Crippen LogP contribution in [0.25, 0.3) is 0 Å². The molecule has 5 heteroatoms. The molecule has 0 amide bonds. The van der Waals surface area contributed by atoms with Gasteiger partial charge in [-0.2, -0.15) is 0 Å². The molecular weight excluding hydrogens is 390 g/mol. The fourth-order valence-electron chi connectivity index (χ4n) is 5.01. The Morgan fingerprint density at radius 2 is 1.84 bits per heavy atom. The van der Waals surface area contributed by atoms with Gasteiger partial charge in [-0.3, -0.25) is 4.79 Å². The summed E-state index contributed by atoms with van der Waals surface area (Å²) in [6, 6.07) is 12.8. The summed E-state index contributed by atoms with van der Waals surface area (Å²) in [7, 11) is 0. The molecule has 1 spiro atoms. The first-order valence-electron chi connectivity index (χ1n) is 11.5. The van der Waals surface area contributed by atoms with E-state index in [0.29, 0.717) is 19.8 Å². The number of benzene rings is 2. The highest BCUT2D eigenvalue weighted by Crippen LogP contribution is 2.46. The van der Waals surface area contributed by atoms with E-state index in [1.807, 2.05) is 6.07 Å². The smallest absolute Gasteiger partial charge is 0.304 e. The van der Waals surface area contributed by atoms with Gasteiger partial charge in [0, 0.05) is 23.6 Å². The number of aliphatic carboxylic acids is 1. The quantitative estimate of drug-likeness (QED) is 0.673. The predicted octanol–water partition coefficient (Wildman–Crippen LogP) is 4.59. The topological polar surface area (TPSA) is 59.0 Å². The Morgan fingerprint density at radius 1 is 1.13 bits per heavy atom. The van der Waals surface area contributed by atoms with Crippen molar-refractivity contribution in [3.63, 3.8) is 0 Å². The minimum Gasteiger partial charge on any atom is -0.492 e. The largest absolute Gasteiger partial charge is 0.492 e. The highest BCUT2D eigenvalue weighted by Gasteiger charge is 2.43. The van der Waals surface area contributed by atoms with Gasteiger partial charge in [0.15, 0.2) is 0 Å². The fourth-order valence-corrected chi connectivity index (χ4v) is 5.01. The van der Waals surface area contributed by atoms with Gasteiger partial charge in [0.1, 0.15) is 18.1 Å². The number of rotatable bonds is 8. The molecule has 0 atom stereocenters. The van der Waals surface area contributed by atoms with Gasteiger partial charge >= 0.3 is 5.97 Å². The number of aryl methyl sites for hydroxylation is 2. The van der Waals surface area contributed by atoms with Gasteiger partial charge in [0.25, 0.3) is 0 Å². The molecule has 5 nitrogen and oxygen atoms in total. The lowest BCUT2D eigenvalue weighted by molar-refractivity contribution is -0.137. The average Bonchev–Trinajstić information content (AvgIpc) is 3.14. The van der Waals surface area contributed by atoms with Crippen molar-refractivity contribution < 1.29 is 19.4 Å².